The van der Waals surface area contributed by atoms with Gasteiger partial charge in [0.05, 0.1) is 0 Å². The number of hydrogen-bond donors (Lipinski definition) is 0. The Labute approximate surface area is 83.8 Å². The van der Waals surface area contributed by atoms with E-state index in [1.54, 1.807) is 0 Å². The molecule has 0 saturated heterocycles. The Hall–Kier alpha value is -1.44. The zero-order valence-electron chi connectivity index (χ0n) is 8.21. The van der Waals surface area contributed by atoms with E-state index < -0.39 is 0 Å². The van der Waals surface area contributed by atoms with Gasteiger partial charge in [0, 0.05) is 17.4 Å². The number of aryl methyl sites for hydroxylation is 1. The Morgan fingerprint density at radius 1 is 1.29 bits per heavy atom. The number of benzene rings is 1. The first kappa shape index (κ1) is 7.92. The molecule has 0 fully saturated rings. The van der Waals surface area contributed by atoms with Gasteiger partial charge in [-0.1, -0.05) is 29.7 Å². The standard InChI is InChI=1S/C12H11BO/c13-8-5-6-12-10(7-8)9-3-1-2-4-11(9)14-12/h1,3,5-7H,2,4,13H2. The van der Waals surface area contributed by atoms with Crippen LogP contribution in [0.4, 0.5) is 0 Å². The van der Waals surface area contributed by atoms with Crippen LogP contribution in [0.1, 0.15) is 17.7 Å². The van der Waals surface area contributed by atoms with Crippen LogP contribution in [-0.2, 0) is 6.42 Å². The molecule has 0 N–H and O–H groups in total. The summed E-state index contributed by atoms with van der Waals surface area (Å²) in [5.74, 6) is 1.15. The van der Waals surface area contributed by atoms with Gasteiger partial charge in [-0.2, -0.15) is 0 Å². The summed E-state index contributed by atoms with van der Waals surface area (Å²) in [6, 6.07) is 6.37. The third kappa shape index (κ3) is 1.03. The molecule has 0 unspecified atom stereocenters. The van der Waals surface area contributed by atoms with Crippen LogP contribution in [0.3, 0.4) is 0 Å². The average Bonchev–Trinajstić information content (AvgIpc) is 2.56. The molecule has 2 aromatic rings. The third-order valence-corrected chi connectivity index (χ3v) is 2.78. The van der Waals surface area contributed by atoms with Crippen LogP contribution in [0.2, 0.25) is 0 Å². The van der Waals surface area contributed by atoms with Crippen molar-refractivity contribution in [1.29, 1.82) is 0 Å². The molecule has 1 aliphatic rings. The zero-order valence-corrected chi connectivity index (χ0v) is 8.21. The highest BCUT2D eigenvalue weighted by Crippen LogP contribution is 2.29. The summed E-state index contributed by atoms with van der Waals surface area (Å²) in [6.07, 6.45) is 6.55. The number of hydrogen-bond acceptors (Lipinski definition) is 1. The van der Waals surface area contributed by atoms with Crippen molar-refractivity contribution in [3.05, 3.63) is 35.6 Å². The highest BCUT2D eigenvalue weighted by Gasteiger charge is 2.13. The highest BCUT2D eigenvalue weighted by atomic mass is 16.3. The molecule has 2 heteroatoms. The average molecular weight is 182 g/mol. The minimum absolute atomic E-state index is 1.02. The molecule has 1 nitrogen and oxygen atoms in total. The molecule has 0 amide bonds. The Bertz CT molecular complexity index is 522. The Morgan fingerprint density at radius 3 is 3.14 bits per heavy atom. The summed E-state index contributed by atoms with van der Waals surface area (Å²) < 4.78 is 5.79. The predicted octanol–water partition coefficient (Wildman–Crippen LogP) is 1.65. The largest absolute Gasteiger partial charge is 0.460 e. The maximum absolute atomic E-state index is 5.79. The van der Waals surface area contributed by atoms with E-state index in [-0.39, 0.29) is 0 Å². The van der Waals surface area contributed by atoms with Gasteiger partial charge in [-0.05, 0) is 12.5 Å². The number of fused-ring (bicyclic) bond motifs is 3. The highest BCUT2D eigenvalue weighted by molar-refractivity contribution is 6.33. The van der Waals surface area contributed by atoms with Crippen LogP contribution in [0.5, 0.6) is 0 Å². The Balaban J connectivity index is 2.39. The molecule has 0 bridgehead atoms. The molecule has 0 radical (unpaired) electrons. The van der Waals surface area contributed by atoms with E-state index in [9.17, 15) is 0 Å². The van der Waals surface area contributed by atoms with Crippen molar-refractivity contribution in [1.82, 2.24) is 0 Å². The van der Waals surface area contributed by atoms with Gasteiger partial charge >= 0.3 is 0 Å². The van der Waals surface area contributed by atoms with Gasteiger partial charge < -0.3 is 4.42 Å². The van der Waals surface area contributed by atoms with Crippen LogP contribution in [-0.4, -0.2) is 7.85 Å². The van der Waals surface area contributed by atoms with Crippen molar-refractivity contribution in [2.45, 2.75) is 12.8 Å². The van der Waals surface area contributed by atoms with Crippen molar-refractivity contribution in [3.63, 3.8) is 0 Å². The summed E-state index contributed by atoms with van der Waals surface area (Å²) in [6.45, 7) is 0. The first-order chi connectivity index (χ1) is 6.84. The second kappa shape index (κ2) is 2.78. The van der Waals surface area contributed by atoms with Crippen molar-refractivity contribution in [2.24, 2.45) is 0 Å². The molecular weight excluding hydrogens is 171 g/mol. The van der Waals surface area contributed by atoms with Crippen LogP contribution in [0.25, 0.3) is 17.0 Å². The molecule has 3 rings (SSSR count). The first-order valence-corrected chi connectivity index (χ1v) is 5.03. The predicted molar refractivity (Wildman–Crippen MR) is 61.7 cm³/mol. The molecule has 1 heterocycles. The van der Waals surface area contributed by atoms with E-state index in [2.05, 4.69) is 38.2 Å². The van der Waals surface area contributed by atoms with E-state index in [1.165, 1.54) is 16.4 Å². The zero-order chi connectivity index (χ0) is 9.54. The summed E-state index contributed by atoms with van der Waals surface area (Å²) in [5, 5.41) is 1.26. The molecule has 0 spiro atoms. The van der Waals surface area contributed by atoms with Crippen molar-refractivity contribution in [3.8, 4) is 0 Å². The van der Waals surface area contributed by atoms with Gasteiger partial charge in [-0.3, -0.25) is 0 Å². The molecule has 0 atom stereocenters. The van der Waals surface area contributed by atoms with Crippen LogP contribution < -0.4 is 5.46 Å². The summed E-state index contributed by atoms with van der Waals surface area (Å²) in [4.78, 5) is 0. The normalized spacial score (nSPS) is 14.6. The molecule has 0 aliphatic heterocycles. The Kier molecular flexibility index (Phi) is 1.57. The van der Waals surface area contributed by atoms with Gasteiger partial charge in [-0.25, -0.2) is 0 Å². The van der Waals surface area contributed by atoms with Crippen LogP contribution in [0.15, 0.2) is 28.7 Å². The fraction of sp³-hybridized carbons (Fsp3) is 0.167. The summed E-state index contributed by atoms with van der Waals surface area (Å²) >= 11 is 0. The smallest absolute Gasteiger partial charge is 0.139 e. The monoisotopic (exact) mass is 182 g/mol. The number of furan rings is 1. The second-order valence-corrected chi connectivity index (χ2v) is 3.88. The minimum atomic E-state index is 1.02. The van der Waals surface area contributed by atoms with E-state index >= 15 is 0 Å². The van der Waals surface area contributed by atoms with E-state index in [0.717, 1.165) is 24.2 Å². The Morgan fingerprint density at radius 2 is 2.21 bits per heavy atom. The lowest BCUT2D eigenvalue weighted by atomic mass is 9.93. The topological polar surface area (TPSA) is 13.1 Å². The maximum atomic E-state index is 5.79. The van der Waals surface area contributed by atoms with Gasteiger partial charge in [0.2, 0.25) is 0 Å². The fourth-order valence-electron chi connectivity index (χ4n) is 2.07. The van der Waals surface area contributed by atoms with Crippen LogP contribution in [0, 0.1) is 0 Å². The molecule has 68 valence electrons. The first-order valence-electron chi connectivity index (χ1n) is 5.03. The second-order valence-electron chi connectivity index (χ2n) is 3.88. The molecule has 1 aromatic heterocycles. The lowest BCUT2D eigenvalue weighted by Gasteiger charge is -2.01. The van der Waals surface area contributed by atoms with Crippen molar-refractivity contribution in [2.75, 3.05) is 0 Å². The van der Waals surface area contributed by atoms with E-state index in [4.69, 9.17) is 4.42 Å². The number of allylic oxidation sites excluding steroid dienone is 1. The van der Waals surface area contributed by atoms with Gasteiger partial charge in [0.15, 0.2) is 0 Å². The fourth-order valence-corrected chi connectivity index (χ4v) is 2.07. The lowest BCUT2D eigenvalue weighted by molar-refractivity contribution is 0.546. The van der Waals surface area contributed by atoms with Crippen LogP contribution >= 0.6 is 0 Å². The maximum Gasteiger partial charge on any atom is 0.139 e. The SMILES string of the molecule is Bc1ccc2oc3c(c2c1)C=CCC3. The number of rotatable bonds is 0. The quantitative estimate of drug-likeness (QED) is 0.564. The van der Waals surface area contributed by atoms with E-state index in [0.29, 0.717) is 0 Å². The molecule has 14 heavy (non-hydrogen) atoms. The molecule has 1 aliphatic carbocycles. The third-order valence-electron chi connectivity index (χ3n) is 2.78. The van der Waals surface area contributed by atoms with E-state index in [1.807, 2.05) is 0 Å². The van der Waals surface area contributed by atoms with Crippen molar-refractivity contribution >= 4 is 30.4 Å². The van der Waals surface area contributed by atoms with Gasteiger partial charge in [0.1, 0.15) is 19.2 Å². The van der Waals surface area contributed by atoms with Gasteiger partial charge in [0.25, 0.3) is 0 Å². The lowest BCUT2D eigenvalue weighted by Crippen LogP contribution is -1.99. The van der Waals surface area contributed by atoms with Gasteiger partial charge in [-0.15, -0.1) is 0 Å². The molecular formula is C12H11BO. The van der Waals surface area contributed by atoms with Crippen molar-refractivity contribution < 1.29 is 4.42 Å². The molecule has 0 saturated carbocycles. The summed E-state index contributed by atoms with van der Waals surface area (Å²) in [7, 11) is 2.12. The summed E-state index contributed by atoms with van der Waals surface area (Å²) in [5.41, 5.74) is 3.60. The minimum Gasteiger partial charge on any atom is -0.460 e. The molecule has 1 aromatic carbocycles.